The van der Waals surface area contributed by atoms with Crippen LogP contribution in [-0.4, -0.2) is 7.11 Å². The van der Waals surface area contributed by atoms with Gasteiger partial charge in [-0.25, -0.2) is 0 Å². The van der Waals surface area contributed by atoms with Gasteiger partial charge in [-0.15, -0.1) is 0 Å². The summed E-state index contributed by atoms with van der Waals surface area (Å²) in [7, 11) is 1.25. The lowest BCUT2D eigenvalue weighted by Crippen LogP contribution is -2.08. The number of benzene rings is 2. The number of rotatable bonds is 2. The van der Waals surface area contributed by atoms with E-state index in [0.717, 1.165) is 6.07 Å². The van der Waals surface area contributed by atoms with E-state index in [1.54, 1.807) is 30.3 Å². The Balaban J connectivity index is 2.63. The van der Waals surface area contributed by atoms with E-state index < -0.39 is 11.7 Å². The lowest BCUT2D eigenvalue weighted by Gasteiger charge is -2.15. The SMILES string of the molecule is COc1c(-c2ccccc2)cccc1C(F)(F)F. The van der Waals surface area contributed by atoms with Crippen LogP contribution in [0.1, 0.15) is 5.56 Å². The number of ether oxygens (including phenoxy) is 1. The first-order chi connectivity index (χ1) is 8.54. The number of hydrogen-bond acceptors (Lipinski definition) is 1. The van der Waals surface area contributed by atoms with Crippen molar-refractivity contribution in [2.24, 2.45) is 0 Å². The van der Waals surface area contributed by atoms with Crippen molar-refractivity contribution in [2.45, 2.75) is 6.18 Å². The van der Waals surface area contributed by atoms with Crippen molar-refractivity contribution in [1.82, 2.24) is 0 Å². The zero-order valence-electron chi connectivity index (χ0n) is 9.66. The molecule has 0 radical (unpaired) electrons. The topological polar surface area (TPSA) is 9.23 Å². The Morgan fingerprint density at radius 2 is 1.56 bits per heavy atom. The highest BCUT2D eigenvalue weighted by Gasteiger charge is 2.35. The molecule has 0 aliphatic carbocycles. The number of halogens is 3. The van der Waals surface area contributed by atoms with Crippen LogP contribution in [0.4, 0.5) is 13.2 Å². The first kappa shape index (κ1) is 12.5. The molecule has 0 saturated carbocycles. The summed E-state index contributed by atoms with van der Waals surface area (Å²) in [6.45, 7) is 0. The van der Waals surface area contributed by atoms with Crippen molar-refractivity contribution in [3.8, 4) is 16.9 Å². The van der Waals surface area contributed by atoms with Crippen LogP contribution in [0.25, 0.3) is 11.1 Å². The van der Waals surface area contributed by atoms with Crippen molar-refractivity contribution >= 4 is 0 Å². The van der Waals surface area contributed by atoms with Gasteiger partial charge >= 0.3 is 6.18 Å². The van der Waals surface area contributed by atoms with Crippen LogP contribution in [0.15, 0.2) is 48.5 Å². The minimum Gasteiger partial charge on any atom is -0.495 e. The summed E-state index contributed by atoms with van der Waals surface area (Å²) in [4.78, 5) is 0. The van der Waals surface area contributed by atoms with Gasteiger partial charge in [0.25, 0.3) is 0 Å². The van der Waals surface area contributed by atoms with E-state index in [2.05, 4.69) is 0 Å². The summed E-state index contributed by atoms with van der Waals surface area (Å²) in [5, 5.41) is 0. The standard InChI is InChI=1S/C14H11F3O/c1-18-13-11(10-6-3-2-4-7-10)8-5-9-12(13)14(15,16)17/h2-9H,1H3. The van der Waals surface area contributed by atoms with Crippen LogP contribution >= 0.6 is 0 Å². The molecule has 4 heteroatoms. The predicted molar refractivity (Wildman–Crippen MR) is 63.4 cm³/mol. The molecule has 2 rings (SSSR count). The summed E-state index contributed by atoms with van der Waals surface area (Å²) in [6.07, 6.45) is -4.42. The molecule has 94 valence electrons. The van der Waals surface area contributed by atoms with Crippen LogP contribution < -0.4 is 4.74 Å². The van der Waals surface area contributed by atoms with E-state index in [-0.39, 0.29) is 5.75 Å². The van der Waals surface area contributed by atoms with Gasteiger partial charge < -0.3 is 4.74 Å². The maximum absolute atomic E-state index is 12.9. The molecule has 0 amide bonds. The number of methoxy groups -OCH3 is 1. The minimum atomic E-state index is -4.42. The fraction of sp³-hybridized carbons (Fsp3) is 0.143. The van der Waals surface area contributed by atoms with E-state index in [1.807, 2.05) is 6.07 Å². The summed E-state index contributed by atoms with van der Waals surface area (Å²) in [5.41, 5.74) is 0.375. The van der Waals surface area contributed by atoms with Crippen molar-refractivity contribution < 1.29 is 17.9 Å². The first-order valence-corrected chi connectivity index (χ1v) is 5.33. The minimum absolute atomic E-state index is 0.142. The quantitative estimate of drug-likeness (QED) is 0.770. The average molecular weight is 252 g/mol. The maximum Gasteiger partial charge on any atom is 0.419 e. The molecule has 0 fully saturated rings. The fourth-order valence-electron chi connectivity index (χ4n) is 1.83. The Morgan fingerprint density at radius 3 is 2.11 bits per heavy atom. The molecule has 0 unspecified atom stereocenters. The zero-order chi connectivity index (χ0) is 13.2. The van der Waals surface area contributed by atoms with Gasteiger partial charge in [0.05, 0.1) is 12.7 Å². The second kappa shape index (κ2) is 4.72. The molecule has 0 saturated heterocycles. The molecule has 0 bridgehead atoms. The Hall–Kier alpha value is -1.97. The van der Waals surface area contributed by atoms with E-state index in [4.69, 9.17) is 4.74 Å². The number of hydrogen-bond donors (Lipinski definition) is 0. The molecule has 0 N–H and O–H groups in total. The van der Waals surface area contributed by atoms with E-state index in [9.17, 15) is 13.2 Å². The molecule has 0 aliphatic rings. The summed E-state index contributed by atoms with van der Waals surface area (Å²) >= 11 is 0. The lowest BCUT2D eigenvalue weighted by molar-refractivity contribution is -0.138. The molecule has 0 spiro atoms. The molecular formula is C14H11F3O. The largest absolute Gasteiger partial charge is 0.495 e. The van der Waals surface area contributed by atoms with Crippen LogP contribution in [-0.2, 0) is 6.18 Å². The highest BCUT2D eigenvalue weighted by Crippen LogP contribution is 2.41. The Kier molecular flexibility index (Phi) is 3.28. The maximum atomic E-state index is 12.9. The van der Waals surface area contributed by atoms with Gasteiger partial charge in [0.15, 0.2) is 0 Å². The highest BCUT2D eigenvalue weighted by molar-refractivity contribution is 5.72. The molecule has 0 heterocycles. The number of para-hydroxylation sites is 1. The summed E-state index contributed by atoms with van der Waals surface area (Å²) < 4.78 is 43.5. The summed E-state index contributed by atoms with van der Waals surface area (Å²) in [6, 6.07) is 12.9. The monoisotopic (exact) mass is 252 g/mol. The van der Waals surface area contributed by atoms with Crippen molar-refractivity contribution in [3.05, 3.63) is 54.1 Å². The second-order valence-electron chi connectivity index (χ2n) is 3.75. The second-order valence-corrected chi connectivity index (χ2v) is 3.75. The van der Waals surface area contributed by atoms with Crippen LogP contribution in [0.3, 0.4) is 0 Å². The zero-order valence-corrected chi connectivity index (χ0v) is 9.66. The van der Waals surface area contributed by atoms with E-state index in [0.29, 0.717) is 11.1 Å². The Labute approximate surface area is 103 Å². The van der Waals surface area contributed by atoms with Gasteiger partial charge in [-0.1, -0.05) is 42.5 Å². The molecule has 0 atom stereocenters. The van der Waals surface area contributed by atoms with Gasteiger partial charge in [0.1, 0.15) is 5.75 Å². The average Bonchev–Trinajstić information content (AvgIpc) is 2.37. The molecule has 0 aliphatic heterocycles. The van der Waals surface area contributed by atoms with E-state index in [1.165, 1.54) is 13.2 Å². The molecule has 18 heavy (non-hydrogen) atoms. The van der Waals surface area contributed by atoms with Crippen molar-refractivity contribution in [2.75, 3.05) is 7.11 Å². The highest BCUT2D eigenvalue weighted by atomic mass is 19.4. The van der Waals surface area contributed by atoms with Crippen LogP contribution in [0.2, 0.25) is 0 Å². The van der Waals surface area contributed by atoms with Gasteiger partial charge in [-0.2, -0.15) is 13.2 Å². The molecule has 2 aromatic carbocycles. The van der Waals surface area contributed by atoms with E-state index >= 15 is 0 Å². The smallest absolute Gasteiger partial charge is 0.419 e. The molecule has 0 aromatic heterocycles. The normalized spacial score (nSPS) is 11.3. The van der Waals surface area contributed by atoms with Gasteiger partial charge in [-0.3, -0.25) is 0 Å². The Morgan fingerprint density at radius 1 is 0.889 bits per heavy atom. The van der Waals surface area contributed by atoms with Crippen LogP contribution in [0, 0.1) is 0 Å². The van der Waals surface area contributed by atoms with Crippen molar-refractivity contribution in [1.29, 1.82) is 0 Å². The van der Waals surface area contributed by atoms with Gasteiger partial charge in [0.2, 0.25) is 0 Å². The third kappa shape index (κ3) is 2.32. The van der Waals surface area contributed by atoms with Crippen molar-refractivity contribution in [3.63, 3.8) is 0 Å². The Bertz CT molecular complexity index is 532. The van der Waals surface area contributed by atoms with Gasteiger partial charge in [0, 0.05) is 5.56 Å². The molecule has 1 nitrogen and oxygen atoms in total. The molecular weight excluding hydrogens is 241 g/mol. The van der Waals surface area contributed by atoms with Gasteiger partial charge in [-0.05, 0) is 11.6 Å². The molecule has 2 aromatic rings. The predicted octanol–water partition coefficient (Wildman–Crippen LogP) is 4.38. The fourth-order valence-corrected chi connectivity index (χ4v) is 1.83. The third-order valence-electron chi connectivity index (χ3n) is 2.61. The third-order valence-corrected chi connectivity index (χ3v) is 2.61. The van der Waals surface area contributed by atoms with Crippen LogP contribution in [0.5, 0.6) is 5.75 Å². The lowest BCUT2D eigenvalue weighted by atomic mass is 10.0. The number of alkyl halides is 3. The summed E-state index contributed by atoms with van der Waals surface area (Å²) in [5.74, 6) is -0.142. The first-order valence-electron chi connectivity index (χ1n) is 5.33.